The van der Waals surface area contributed by atoms with Crippen LogP contribution in [0.3, 0.4) is 0 Å². The van der Waals surface area contributed by atoms with Crippen LogP contribution >= 0.6 is 0 Å². The normalized spacial score (nSPS) is 17.4. The Kier molecular flexibility index (Phi) is 4.71. The fourth-order valence-corrected chi connectivity index (χ4v) is 5.11. The number of fused-ring (bicyclic) bond motifs is 8. The molecule has 0 saturated heterocycles. The molecule has 6 nitrogen and oxygen atoms in total. The Morgan fingerprint density at radius 3 is 2.50 bits per heavy atom. The number of rotatable bonds is 4. The topological polar surface area (TPSA) is 90.1 Å². The summed E-state index contributed by atoms with van der Waals surface area (Å²) in [6, 6.07) is 20.0. The first-order chi connectivity index (χ1) is 16.5. The molecule has 2 unspecified atom stereocenters. The molecular formula is C28H24N4O2. The van der Waals surface area contributed by atoms with Crippen LogP contribution in [-0.4, -0.2) is 15.9 Å². The minimum Gasteiger partial charge on any atom is -0.384 e. The van der Waals surface area contributed by atoms with Gasteiger partial charge in [0.15, 0.2) is 0 Å². The van der Waals surface area contributed by atoms with E-state index in [9.17, 15) is 4.79 Å². The SMILES string of the molecule is Cc1cc(N)nc(C)c1CNC(=O)c1ccc2c(c1)C1OC2c2ccc(-c3ccccn3)cc21. The largest absolute Gasteiger partial charge is 0.384 e. The highest BCUT2D eigenvalue weighted by Crippen LogP contribution is 2.54. The molecule has 0 saturated carbocycles. The quantitative estimate of drug-likeness (QED) is 0.468. The van der Waals surface area contributed by atoms with Gasteiger partial charge in [-0.05, 0) is 83.6 Å². The first-order valence-corrected chi connectivity index (χ1v) is 11.3. The van der Waals surface area contributed by atoms with E-state index in [2.05, 4.69) is 33.5 Å². The monoisotopic (exact) mass is 448 g/mol. The van der Waals surface area contributed by atoms with E-state index < -0.39 is 0 Å². The highest BCUT2D eigenvalue weighted by atomic mass is 16.5. The van der Waals surface area contributed by atoms with E-state index in [4.69, 9.17) is 10.5 Å². The van der Waals surface area contributed by atoms with Gasteiger partial charge < -0.3 is 15.8 Å². The number of benzene rings is 2. The van der Waals surface area contributed by atoms with Gasteiger partial charge in [0.2, 0.25) is 0 Å². The van der Waals surface area contributed by atoms with Gasteiger partial charge in [0.05, 0.1) is 5.69 Å². The molecule has 0 spiro atoms. The summed E-state index contributed by atoms with van der Waals surface area (Å²) in [6.07, 6.45) is 1.54. The maximum atomic E-state index is 13.0. The third-order valence-corrected chi connectivity index (χ3v) is 6.80. The molecule has 0 aliphatic carbocycles. The lowest BCUT2D eigenvalue weighted by Crippen LogP contribution is -2.24. The van der Waals surface area contributed by atoms with Crippen molar-refractivity contribution in [3.8, 4) is 11.3 Å². The molecule has 0 fully saturated rings. The maximum Gasteiger partial charge on any atom is 0.251 e. The number of nitrogen functional groups attached to an aromatic ring is 1. The van der Waals surface area contributed by atoms with E-state index in [1.165, 1.54) is 5.56 Å². The van der Waals surface area contributed by atoms with E-state index in [-0.39, 0.29) is 18.1 Å². The summed E-state index contributed by atoms with van der Waals surface area (Å²) >= 11 is 0. The molecule has 2 aliphatic rings. The van der Waals surface area contributed by atoms with Crippen LogP contribution in [0.15, 0.2) is 66.9 Å². The lowest BCUT2D eigenvalue weighted by molar-refractivity contribution is 0.0857. The van der Waals surface area contributed by atoms with Gasteiger partial charge in [-0.3, -0.25) is 9.78 Å². The van der Waals surface area contributed by atoms with Crippen molar-refractivity contribution >= 4 is 11.7 Å². The van der Waals surface area contributed by atoms with Crippen LogP contribution < -0.4 is 11.1 Å². The highest BCUT2D eigenvalue weighted by molar-refractivity contribution is 5.94. The van der Waals surface area contributed by atoms with Gasteiger partial charge in [0.1, 0.15) is 18.0 Å². The van der Waals surface area contributed by atoms with Gasteiger partial charge in [-0.25, -0.2) is 4.98 Å². The molecule has 2 bridgehead atoms. The molecule has 2 aromatic carbocycles. The van der Waals surface area contributed by atoms with Crippen molar-refractivity contribution in [2.24, 2.45) is 0 Å². The first-order valence-electron chi connectivity index (χ1n) is 11.3. The molecule has 6 heteroatoms. The van der Waals surface area contributed by atoms with Gasteiger partial charge in [-0.2, -0.15) is 0 Å². The van der Waals surface area contributed by atoms with Crippen LogP contribution in [-0.2, 0) is 11.3 Å². The Morgan fingerprint density at radius 2 is 1.74 bits per heavy atom. The van der Waals surface area contributed by atoms with E-state index in [1.54, 1.807) is 6.20 Å². The molecule has 4 aromatic rings. The van der Waals surface area contributed by atoms with Crippen LogP contribution in [0.25, 0.3) is 11.3 Å². The van der Waals surface area contributed by atoms with Crippen LogP contribution in [0.2, 0.25) is 0 Å². The number of hydrogen-bond donors (Lipinski definition) is 2. The van der Waals surface area contributed by atoms with Crippen LogP contribution in [0.1, 0.15) is 61.6 Å². The number of nitrogens with one attached hydrogen (secondary N) is 1. The predicted octanol–water partition coefficient (Wildman–Crippen LogP) is 4.80. The lowest BCUT2D eigenvalue weighted by Gasteiger charge is -2.18. The van der Waals surface area contributed by atoms with E-state index in [1.807, 2.05) is 56.3 Å². The molecule has 1 amide bonds. The number of aromatic nitrogens is 2. The molecular weight excluding hydrogens is 424 g/mol. The number of aryl methyl sites for hydroxylation is 2. The summed E-state index contributed by atoms with van der Waals surface area (Å²) in [5.41, 5.74) is 15.8. The van der Waals surface area contributed by atoms with Gasteiger partial charge in [0.25, 0.3) is 5.91 Å². The van der Waals surface area contributed by atoms with Crippen molar-refractivity contribution in [1.82, 2.24) is 15.3 Å². The Balaban J connectivity index is 1.26. The number of ether oxygens (including phenoxy) is 1. The van der Waals surface area contributed by atoms with Crippen LogP contribution in [0.4, 0.5) is 5.82 Å². The summed E-state index contributed by atoms with van der Waals surface area (Å²) in [7, 11) is 0. The predicted molar refractivity (Wildman–Crippen MR) is 130 cm³/mol. The van der Waals surface area contributed by atoms with Crippen LogP contribution in [0.5, 0.6) is 0 Å². The molecule has 2 atom stereocenters. The Labute approximate surface area is 197 Å². The second-order valence-electron chi connectivity index (χ2n) is 8.91. The Morgan fingerprint density at radius 1 is 0.971 bits per heavy atom. The number of anilines is 1. The fraction of sp³-hybridized carbons (Fsp3) is 0.179. The average Bonchev–Trinajstić information content (AvgIpc) is 3.40. The molecule has 3 N–H and O–H groups in total. The number of amides is 1. The molecule has 0 radical (unpaired) electrons. The number of nitrogens with two attached hydrogens (primary N) is 1. The molecule has 4 heterocycles. The molecule has 168 valence electrons. The Bertz CT molecular complexity index is 1430. The van der Waals surface area contributed by atoms with Gasteiger partial charge in [0, 0.05) is 29.6 Å². The van der Waals surface area contributed by atoms with Crippen molar-refractivity contribution in [1.29, 1.82) is 0 Å². The first kappa shape index (κ1) is 20.6. The minimum atomic E-state index is -0.169. The van der Waals surface area contributed by atoms with E-state index in [0.717, 1.165) is 44.8 Å². The summed E-state index contributed by atoms with van der Waals surface area (Å²) in [4.78, 5) is 21.8. The van der Waals surface area contributed by atoms with Gasteiger partial charge in [-0.15, -0.1) is 0 Å². The average molecular weight is 449 g/mol. The zero-order chi connectivity index (χ0) is 23.4. The number of hydrogen-bond acceptors (Lipinski definition) is 5. The summed E-state index contributed by atoms with van der Waals surface area (Å²) in [5.74, 6) is 0.369. The highest BCUT2D eigenvalue weighted by Gasteiger charge is 2.43. The number of nitrogens with zero attached hydrogens (tertiary/aromatic N) is 2. The minimum absolute atomic E-state index is 0.0870. The zero-order valence-electron chi connectivity index (χ0n) is 19.0. The lowest BCUT2D eigenvalue weighted by atomic mass is 9.84. The number of carbonyl (C=O) groups excluding carboxylic acids is 1. The van der Waals surface area contributed by atoms with Crippen molar-refractivity contribution in [2.45, 2.75) is 32.6 Å². The van der Waals surface area contributed by atoms with Crippen molar-refractivity contribution in [3.05, 3.63) is 111 Å². The molecule has 6 rings (SSSR count). The van der Waals surface area contributed by atoms with Crippen molar-refractivity contribution in [3.63, 3.8) is 0 Å². The number of carbonyl (C=O) groups is 1. The van der Waals surface area contributed by atoms with Crippen molar-refractivity contribution in [2.75, 3.05) is 5.73 Å². The maximum absolute atomic E-state index is 13.0. The van der Waals surface area contributed by atoms with E-state index in [0.29, 0.717) is 17.9 Å². The summed E-state index contributed by atoms with van der Waals surface area (Å²) < 4.78 is 6.34. The van der Waals surface area contributed by atoms with E-state index >= 15 is 0 Å². The second-order valence-corrected chi connectivity index (χ2v) is 8.91. The standard InChI is InChI=1S/C28H24N4O2/c1-15-11-25(29)32-16(2)23(15)14-31-28(33)18-7-9-20-22(13-18)27-21-12-17(24-5-3-4-10-30-24)6-8-19(21)26(20)34-27/h3-13,26-27H,14H2,1-2H3,(H2,29,32)(H,31,33). The summed E-state index contributed by atoms with van der Waals surface area (Å²) in [6.45, 7) is 4.29. The number of pyridine rings is 2. The summed E-state index contributed by atoms with van der Waals surface area (Å²) in [5, 5.41) is 3.03. The van der Waals surface area contributed by atoms with Gasteiger partial charge in [-0.1, -0.05) is 24.3 Å². The molecule has 34 heavy (non-hydrogen) atoms. The van der Waals surface area contributed by atoms with Gasteiger partial charge >= 0.3 is 0 Å². The second kappa shape index (κ2) is 7.78. The smallest absolute Gasteiger partial charge is 0.251 e. The fourth-order valence-electron chi connectivity index (χ4n) is 5.11. The third kappa shape index (κ3) is 3.26. The van der Waals surface area contributed by atoms with Crippen LogP contribution in [0, 0.1) is 13.8 Å². The molecule has 2 aromatic heterocycles. The Hall–Kier alpha value is -4.03. The molecule has 2 aliphatic heterocycles. The zero-order valence-corrected chi connectivity index (χ0v) is 19.0. The van der Waals surface area contributed by atoms with Crippen molar-refractivity contribution < 1.29 is 9.53 Å². The third-order valence-electron chi connectivity index (χ3n) is 6.80.